The molecule has 6 heteroatoms. The van der Waals surface area contributed by atoms with E-state index in [-0.39, 0.29) is 16.7 Å². The number of nitrogens with zero attached hydrogens (tertiary/aromatic N) is 1. The predicted octanol–water partition coefficient (Wildman–Crippen LogP) is 2.42. The van der Waals surface area contributed by atoms with Crippen molar-refractivity contribution in [1.82, 2.24) is 4.31 Å². The first kappa shape index (κ1) is 15.3. The second-order valence-corrected chi connectivity index (χ2v) is 7.23. The minimum atomic E-state index is -3.71. The van der Waals surface area contributed by atoms with Gasteiger partial charge >= 0.3 is 0 Å². The first-order valence-corrected chi connectivity index (χ1v) is 8.67. The molecule has 0 saturated carbocycles. The summed E-state index contributed by atoms with van der Waals surface area (Å²) in [5.41, 5.74) is 0.984. The summed E-state index contributed by atoms with van der Waals surface area (Å²) in [6.45, 7) is 2.26. The van der Waals surface area contributed by atoms with Crippen molar-refractivity contribution < 1.29 is 13.2 Å². The average molecular weight is 316 g/mol. The minimum Gasteiger partial charge on any atom is -0.274 e. The third kappa shape index (κ3) is 2.99. The van der Waals surface area contributed by atoms with Crippen molar-refractivity contribution in [3.63, 3.8) is 0 Å². The molecule has 1 heterocycles. The maximum atomic E-state index is 12.5. The van der Waals surface area contributed by atoms with Crippen molar-refractivity contribution in [3.05, 3.63) is 29.8 Å². The van der Waals surface area contributed by atoms with E-state index in [1.165, 1.54) is 0 Å². The largest absolute Gasteiger partial charge is 0.274 e. The molecule has 0 radical (unpaired) electrons. The highest BCUT2D eigenvalue weighted by Gasteiger charge is 2.37. The zero-order valence-electron chi connectivity index (χ0n) is 11.4. The Balaban J connectivity index is 2.24. The SMILES string of the molecule is CCC1CC(=O)N(S(=O)(=O)c2ccc(CCCl)cc2)C1. The number of hydrogen-bond donors (Lipinski definition) is 0. The number of sulfonamides is 1. The third-order valence-electron chi connectivity index (χ3n) is 3.64. The van der Waals surface area contributed by atoms with Crippen LogP contribution in [0.1, 0.15) is 25.3 Å². The second-order valence-electron chi connectivity index (χ2n) is 4.99. The zero-order valence-corrected chi connectivity index (χ0v) is 13.0. The number of benzene rings is 1. The van der Waals surface area contributed by atoms with Gasteiger partial charge in [-0.25, -0.2) is 12.7 Å². The van der Waals surface area contributed by atoms with E-state index in [1.54, 1.807) is 24.3 Å². The van der Waals surface area contributed by atoms with Gasteiger partial charge in [0.15, 0.2) is 0 Å². The van der Waals surface area contributed by atoms with Crippen LogP contribution >= 0.6 is 11.6 Å². The smallest absolute Gasteiger partial charge is 0.266 e. The fourth-order valence-electron chi connectivity index (χ4n) is 2.32. The Bertz CT molecular complexity index is 583. The topological polar surface area (TPSA) is 54.5 Å². The van der Waals surface area contributed by atoms with E-state index in [9.17, 15) is 13.2 Å². The van der Waals surface area contributed by atoms with Crippen LogP contribution in [0.2, 0.25) is 0 Å². The molecule has 0 N–H and O–H groups in total. The van der Waals surface area contributed by atoms with Gasteiger partial charge in [-0.2, -0.15) is 0 Å². The molecule has 2 rings (SSSR count). The molecule has 1 saturated heterocycles. The molecule has 0 bridgehead atoms. The molecular formula is C14H18ClNO3S. The normalized spacial score (nSPS) is 19.6. The maximum absolute atomic E-state index is 12.5. The molecule has 1 aromatic rings. The quantitative estimate of drug-likeness (QED) is 0.784. The number of carbonyl (C=O) groups excluding carboxylic acids is 1. The first-order chi connectivity index (χ1) is 9.48. The van der Waals surface area contributed by atoms with E-state index in [4.69, 9.17) is 11.6 Å². The van der Waals surface area contributed by atoms with Crippen LogP contribution in [0.3, 0.4) is 0 Å². The highest BCUT2D eigenvalue weighted by molar-refractivity contribution is 7.89. The van der Waals surface area contributed by atoms with Gasteiger partial charge in [0.25, 0.3) is 10.0 Å². The van der Waals surface area contributed by atoms with Gasteiger partial charge in [0, 0.05) is 18.8 Å². The summed E-state index contributed by atoms with van der Waals surface area (Å²) in [6, 6.07) is 6.58. The van der Waals surface area contributed by atoms with Gasteiger partial charge in [0.2, 0.25) is 5.91 Å². The van der Waals surface area contributed by atoms with Crippen LogP contribution in [0.5, 0.6) is 0 Å². The van der Waals surface area contributed by atoms with Gasteiger partial charge in [-0.05, 0) is 30.0 Å². The number of aryl methyl sites for hydroxylation is 1. The van der Waals surface area contributed by atoms with Crippen LogP contribution in [0.25, 0.3) is 0 Å². The molecule has 1 aromatic carbocycles. The van der Waals surface area contributed by atoms with E-state index >= 15 is 0 Å². The van der Waals surface area contributed by atoms with E-state index < -0.39 is 10.0 Å². The number of amides is 1. The standard InChI is InChI=1S/C14H18ClNO3S/c1-2-11-9-14(17)16(10-11)20(18,19)13-5-3-12(4-6-13)7-8-15/h3-6,11H,2,7-10H2,1H3. The van der Waals surface area contributed by atoms with Crippen molar-refractivity contribution >= 4 is 27.5 Å². The average Bonchev–Trinajstić information content (AvgIpc) is 2.82. The molecule has 1 amide bonds. The number of carbonyl (C=O) groups is 1. The Labute approximate surface area is 124 Å². The summed E-state index contributed by atoms with van der Waals surface area (Å²) in [5, 5.41) is 0. The lowest BCUT2D eigenvalue weighted by Gasteiger charge is -2.17. The molecule has 1 fully saturated rings. The predicted molar refractivity (Wildman–Crippen MR) is 78.2 cm³/mol. The number of halogens is 1. The Kier molecular flexibility index (Phi) is 4.70. The summed E-state index contributed by atoms with van der Waals surface area (Å²) in [4.78, 5) is 12.0. The van der Waals surface area contributed by atoms with Gasteiger partial charge in [0.1, 0.15) is 0 Å². The summed E-state index contributed by atoms with van der Waals surface area (Å²) < 4.78 is 25.9. The van der Waals surface area contributed by atoms with Crippen LogP contribution < -0.4 is 0 Å². The van der Waals surface area contributed by atoms with Crippen molar-refractivity contribution in [1.29, 1.82) is 0 Å². The molecule has 110 valence electrons. The Hall–Kier alpha value is -1.07. The first-order valence-electron chi connectivity index (χ1n) is 6.69. The van der Waals surface area contributed by atoms with Gasteiger partial charge in [-0.15, -0.1) is 11.6 Å². The molecule has 1 aliphatic heterocycles. The van der Waals surface area contributed by atoms with Crippen LogP contribution in [-0.4, -0.2) is 31.1 Å². The molecule has 0 aliphatic carbocycles. The van der Waals surface area contributed by atoms with Crippen LogP contribution in [0, 0.1) is 5.92 Å². The van der Waals surface area contributed by atoms with E-state index in [1.807, 2.05) is 6.92 Å². The fourth-order valence-corrected chi connectivity index (χ4v) is 4.02. The summed E-state index contributed by atoms with van der Waals surface area (Å²) in [6.07, 6.45) is 1.83. The second kappa shape index (κ2) is 6.14. The van der Waals surface area contributed by atoms with Crippen molar-refractivity contribution in [2.75, 3.05) is 12.4 Å². The van der Waals surface area contributed by atoms with Crippen molar-refractivity contribution in [2.45, 2.75) is 31.1 Å². The zero-order chi connectivity index (χ0) is 14.8. The number of rotatable bonds is 5. The lowest BCUT2D eigenvalue weighted by atomic mass is 10.1. The number of hydrogen-bond acceptors (Lipinski definition) is 3. The third-order valence-corrected chi connectivity index (χ3v) is 5.63. The van der Waals surface area contributed by atoms with Crippen molar-refractivity contribution in [2.24, 2.45) is 5.92 Å². The Morgan fingerprint density at radius 1 is 1.30 bits per heavy atom. The molecule has 1 aliphatic rings. The number of alkyl halides is 1. The summed E-state index contributed by atoms with van der Waals surface area (Å²) in [5.74, 6) is 0.323. The van der Waals surface area contributed by atoms with E-state index in [0.29, 0.717) is 25.3 Å². The molecular weight excluding hydrogens is 298 g/mol. The van der Waals surface area contributed by atoms with E-state index in [2.05, 4.69) is 0 Å². The van der Waals surface area contributed by atoms with Gasteiger partial charge in [0.05, 0.1) is 4.90 Å². The Morgan fingerprint density at radius 2 is 1.95 bits per heavy atom. The van der Waals surface area contributed by atoms with Gasteiger partial charge in [-0.3, -0.25) is 4.79 Å². The molecule has 0 spiro atoms. The molecule has 1 unspecified atom stereocenters. The lowest BCUT2D eigenvalue weighted by Crippen LogP contribution is -2.32. The monoisotopic (exact) mass is 315 g/mol. The van der Waals surface area contributed by atoms with Crippen LogP contribution in [-0.2, 0) is 21.2 Å². The summed E-state index contributed by atoms with van der Waals surface area (Å²) in [7, 11) is -3.71. The summed E-state index contributed by atoms with van der Waals surface area (Å²) >= 11 is 5.65. The highest BCUT2D eigenvalue weighted by atomic mass is 35.5. The van der Waals surface area contributed by atoms with Gasteiger partial charge in [-0.1, -0.05) is 25.5 Å². The van der Waals surface area contributed by atoms with Crippen LogP contribution in [0.15, 0.2) is 29.2 Å². The fraction of sp³-hybridized carbons (Fsp3) is 0.500. The highest BCUT2D eigenvalue weighted by Crippen LogP contribution is 2.27. The van der Waals surface area contributed by atoms with Crippen LogP contribution in [0.4, 0.5) is 0 Å². The van der Waals surface area contributed by atoms with Crippen molar-refractivity contribution in [3.8, 4) is 0 Å². The van der Waals surface area contributed by atoms with E-state index in [0.717, 1.165) is 16.3 Å². The minimum absolute atomic E-state index is 0.132. The van der Waals surface area contributed by atoms with Gasteiger partial charge < -0.3 is 0 Å². The molecule has 1 atom stereocenters. The molecule has 4 nitrogen and oxygen atoms in total. The lowest BCUT2D eigenvalue weighted by molar-refractivity contribution is -0.123. The molecule has 20 heavy (non-hydrogen) atoms. The molecule has 0 aromatic heterocycles. The Morgan fingerprint density at radius 3 is 2.45 bits per heavy atom. The maximum Gasteiger partial charge on any atom is 0.266 e.